The molecule has 0 fully saturated rings. The van der Waals surface area contributed by atoms with Crippen molar-refractivity contribution >= 4 is 17.4 Å². The van der Waals surface area contributed by atoms with Crippen LogP contribution >= 0.6 is 0 Å². The zero-order chi connectivity index (χ0) is 30.9. The maximum absolute atomic E-state index is 13.0. The second kappa shape index (κ2) is 18.6. The van der Waals surface area contributed by atoms with Gasteiger partial charge in [0.2, 0.25) is 5.91 Å². The van der Waals surface area contributed by atoms with Gasteiger partial charge in [-0.15, -0.1) is 0 Å². The molecule has 2 rings (SSSR count). The number of rotatable bonds is 17. The first kappa shape index (κ1) is 34.4. The lowest BCUT2D eigenvalue weighted by Crippen LogP contribution is -2.31. The fourth-order valence-corrected chi connectivity index (χ4v) is 4.88. The number of nitrogens with zero attached hydrogens (tertiary/aromatic N) is 1. The van der Waals surface area contributed by atoms with E-state index in [0.29, 0.717) is 12.8 Å². The van der Waals surface area contributed by atoms with Gasteiger partial charge in [-0.1, -0.05) is 73.7 Å². The number of amides is 1. The van der Waals surface area contributed by atoms with Crippen LogP contribution in [0, 0.1) is 5.92 Å². The van der Waals surface area contributed by atoms with Gasteiger partial charge in [0.25, 0.3) is 0 Å². The van der Waals surface area contributed by atoms with Crippen molar-refractivity contribution in [3.05, 3.63) is 114 Å². The molecule has 0 saturated carbocycles. The summed E-state index contributed by atoms with van der Waals surface area (Å²) in [7, 11) is 0. The Kier molecular flexibility index (Phi) is 15.3. The van der Waals surface area contributed by atoms with Gasteiger partial charge in [0.1, 0.15) is 0 Å². The number of aliphatic hydroxyl groups excluding tert-OH is 1. The number of carbonyl (C=O) groups is 2. The summed E-state index contributed by atoms with van der Waals surface area (Å²) in [6.45, 7) is 10.2. The third kappa shape index (κ3) is 11.6. The molecule has 1 unspecified atom stereocenters. The van der Waals surface area contributed by atoms with Crippen LogP contribution in [0.25, 0.3) is 0 Å². The molecule has 0 spiro atoms. The molecule has 0 bridgehead atoms. The van der Waals surface area contributed by atoms with Gasteiger partial charge < -0.3 is 15.3 Å². The van der Waals surface area contributed by atoms with E-state index >= 15 is 0 Å². The standard InChI is InChI=1S/C36H47FN2O3/c1-6-7-16-30(17-14-15-24-37)28(4)35(39(27(2)3)32-20-12-9-13-21-32)23-22-33(40)25-34(41)26-36(42)38-29(5)31-18-10-8-11-19-31/h7-13,15-16,18-24,27,29-30,34,41H,6,14,17,25-26H2,1-5H3,(H,38,42)/b16-7-,23-22+,24-15+,35-28+/t29-,30?,34+/m0/s1. The van der Waals surface area contributed by atoms with Crippen molar-refractivity contribution in [2.24, 2.45) is 5.92 Å². The molecule has 0 radical (unpaired) electrons. The van der Waals surface area contributed by atoms with Gasteiger partial charge in [-0.25, -0.2) is 4.39 Å². The van der Waals surface area contributed by atoms with E-state index in [9.17, 15) is 19.1 Å². The molecular weight excluding hydrogens is 527 g/mol. The van der Waals surface area contributed by atoms with E-state index in [4.69, 9.17) is 0 Å². The van der Waals surface area contributed by atoms with E-state index in [-0.39, 0.29) is 42.5 Å². The first-order valence-electron chi connectivity index (χ1n) is 14.9. The Morgan fingerprint density at radius 2 is 1.60 bits per heavy atom. The van der Waals surface area contributed by atoms with Gasteiger partial charge in [0.15, 0.2) is 5.78 Å². The minimum absolute atomic E-state index is 0.0433. The van der Waals surface area contributed by atoms with Crippen LogP contribution in [0.4, 0.5) is 10.1 Å². The van der Waals surface area contributed by atoms with Crippen molar-refractivity contribution in [2.45, 2.75) is 84.9 Å². The van der Waals surface area contributed by atoms with Crippen LogP contribution < -0.4 is 10.2 Å². The van der Waals surface area contributed by atoms with Crippen LogP contribution in [0.2, 0.25) is 0 Å². The van der Waals surface area contributed by atoms with Crippen LogP contribution in [0.5, 0.6) is 0 Å². The minimum Gasteiger partial charge on any atom is -0.392 e. The van der Waals surface area contributed by atoms with Crippen molar-refractivity contribution in [3.63, 3.8) is 0 Å². The third-order valence-electron chi connectivity index (χ3n) is 7.07. The van der Waals surface area contributed by atoms with Crippen molar-refractivity contribution < 1.29 is 19.1 Å². The molecule has 0 aliphatic rings. The Morgan fingerprint density at radius 3 is 2.19 bits per heavy atom. The summed E-state index contributed by atoms with van der Waals surface area (Å²) in [6.07, 6.45) is 10.5. The van der Waals surface area contributed by atoms with Crippen molar-refractivity contribution in [3.8, 4) is 0 Å². The monoisotopic (exact) mass is 574 g/mol. The highest BCUT2D eigenvalue weighted by atomic mass is 19.1. The van der Waals surface area contributed by atoms with Gasteiger partial charge in [-0.2, -0.15) is 0 Å². The van der Waals surface area contributed by atoms with Crippen molar-refractivity contribution in [2.75, 3.05) is 4.90 Å². The molecule has 2 N–H and O–H groups in total. The Bertz CT molecular complexity index is 1220. The zero-order valence-electron chi connectivity index (χ0n) is 25.7. The first-order chi connectivity index (χ1) is 20.2. The molecule has 0 heterocycles. The summed E-state index contributed by atoms with van der Waals surface area (Å²) in [6, 6.07) is 19.5. The summed E-state index contributed by atoms with van der Waals surface area (Å²) in [5, 5.41) is 13.4. The third-order valence-corrected chi connectivity index (χ3v) is 7.07. The fourth-order valence-electron chi connectivity index (χ4n) is 4.88. The Labute approximate surface area is 251 Å². The Morgan fingerprint density at radius 1 is 0.952 bits per heavy atom. The number of benzene rings is 2. The lowest BCUT2D eigenvalue weighted by Gasteiger charge is -2.33. The smallest absolute Gasteiger partial charge is 0.223 e. The Hall–Kier alpha value is -3.77. The molecule has 0 aliphatic carbocycles. The molecule has 3 atom stereocenters. The topological polar surface area (TPSA) is 69.6 Å². The summed E-state index contributed by atoms with van der Waals surface area (Å²) in [4.78, 5) is 27.7. The quantitative estimate of drug-likeness (QED) is 0.114. The average molecular weight is 575 g/mol. The number of anilines is 1. The lowest BCUT2D eigenvalue weighted by molar-refractivity contribution is -0.124. The SMILES string of the molecule is CC/C=C\C(CC/C=C/F)/C(C)=C(\C=C\C(=O)C[C@@H](O)CC(=O)N[C@@H](C)c1ccccc1)N(c1ccccc1)C(C)C. The molecule has 226 valence electrons. The van der Waals surface area contributed by atoms with Crippen LogP contribution in [0.15, 0.2) is 109 Å². The maximum atomic E-state index is 13.0. The highest BCUT2D eigenvalue weighted by molar-refractivity contribution is 5.91. The second-order valence-electron chi connectivity index (χ2n) is 10.8. The Balaban J connectivity index is 2.27. The fraction of sp³-hybridized carbons (Fsp3) is 0.389. The highest BCUT2D eigenvalue weighted by Crippen LogP contribution is 2.30. The van der Waals surface area contributed by atoms with Gasteiger partial charge in [0.05, 0.1) is 24.9 Å². The molecule has 0 aliphatic heterocycles. The number of allylic oxidation sites excluding steroid dienone is 6. The minimum atomic E-state index is -1.10. The molecule has 2 aromatic carbocycles. The number of para-hydroxylation sites is 1. The van der Waals surface area contributed by atoms with Gasteiger partial charge in [0, 0.05) is 29.8 Å². The number of halogens is 1. The second-order valence-corrected chi connectivity index (χ2v) is 10.8. The number of hydrogen-bond donors (Lipinski definition) is 2. The van der Waals surface area contributed by atoms with Crippen LogP contribution in [-0.4, -0.2) is 28.9 Å². The zero-order valence-corrected chi connectivity index (χ0v) is 25.7. The largest absolute Gasteiger partial charge is 0.392 e. The number of aliphatic hydroxyl groups is 1. The highest BCUT2D eigenvalue weighted by Gasteiger charge is 2.21. The van der Waals surface area contributed by atoms with E-state index in [0.717, 1.165) is 35.4 Å². The molecule has 2 aromatic rings. The van der Waals surface area contributed by atoms with E-state index in [1.165, 1.54) is 12.2 Å². The molecule has 42 heavy (non-hydrogen) atoms. The van der Waals surface area contributed by atoms with E-state index in [1.54, 1.807) is 0 Å². The summed E-state index contributed by atoms with van der Waals surface area (Å²) in [5.41, 5.74) is 3.90. The number of hydrogen-bond acceptors (Lipinski definition) is 4. The molecule has 0 aromatic heterocycles. The maximum Gasteiger partial charge on any atom is 0.223 e. The summed E-state index contributed by atoms with van der Waals surface area (Å²) >= 11 is 0. The van der Waals surface area contributed by atoms with Crippen LogP contribution in [-0.2, 0) is 9.59 Å². The van der Waals surface area contributed by atoms with Crippen LogP contribution in [0.1, 0.15) is 78.3 Å². The van der Waals surface area contributed by atoms with Crippen LogP contribution in [0.3, 0.4) is 0 Å². The van der Waals surface area contributed by atoms with Gasteiger partial charge >= 0.3 is 0 Å². The summed E-state index contributed by atoms with van der Waals surface area (Å²) < 4.78 is 12.7. The lowest BCUT2D eigenvalue weighted by atomic mass is 9.91. The number of ketones is 1. The van der Waals surface area contributed by atoms with Crippen molar-refractivity contribution in [1.82, 2.24) is 5.32 Å². The van der Waals surface area contributed by atoms with E-state index in [2.05, 4.69) is 50.1 Å². The molecule has 6 heteroatoms. The first-order valence-corrected chi connectivity index (χ1v) is 14.9. The predicted octanol–water partition coefficient (Wildman–Crippen LogP) is 8.17. The number of nitrogens with one attached hydrogen (secondary N) is 1. The van der Waals surface area contributed by atoms with E-state index < -0.39 is 6.10 Å². The molecule has 5 nitrogen and oxygen atoms in total. The normalized spacial score (nSPS) is 14.8. The molecular formula is C36H47FN2O3. The molecule has 0 saturated heterocycles. The van der Waals surface area contributed by atoms with Gasteiger partial charge in [-0.3, -0.25) is 9.59 Å². The van der Waals surface area contributed by atoms with E-state index in [1.807, 2.05) is 73.7 Å². The summed E-state index contributed by atoms with van der Waals surface area (Å²) in [5.74, 6) is -0.536. The van der Waals surface area contributed by atoms with Gasteiger partial charge in [-0.05, 0) is 82.4 Å². The number of carbonyl (C=O) groups excluding carboxylic acids is 2. The predicted molar refractivity (Wildman–Crippen MR) is 172 cm³/mol. The van der Waals surface area contributed by atoms with Crippen molar-refractivity contribution in [1.29, 1.82) is 0 Å². The molecule has 1 amide bonds. The average Bonchev–Trinajstić information content (AvgIpc) is 2.97.